The maximum Gasteiger partial charge on any atom is 0.335 e. The molecule has 2 heterocycles. The quantitative estimate of drug-likeness (QED) is 0.113. The largest absolute Gasteiger partial charge is 0.479 e. The first kappa shape index (κ1) is 29.8. The van der Waals surface area contributed by atoms with Gasteiger partial charge in [0.1, 0.15) is 67.1 Å². The summed E-state index contributed by atoms with van der Waals surface area (Å²) in [5.41, 5.74) is 0. The third-order valence-electron chi connectivity index (χ3n) is 5.61. The average molecular weight is 518 g/mol. The fourth-order valence-corrected chi connectivity index (χ4v) is 3.57. The molecule has 0 bridgehead atoms. The van der Waals surface area contributed by atoms with Gasteiger partial charge >= 0.3 is 5.97 Å². The molecule has 2 aliphatic rings. The molecule has 0 spiro atoms. The Morgan fingerprint density at radius 2 is 1.51 bits per heavy atom. The molecular weight excluding hydrogens is 488 g/mol. The average Bonchev–Trinajstić information content (AvgIpc) is 2.84. The van der Waals surface area contributed by atoms with Gasteiger partial charge in [0.2, 0.25) is 0 Å². The summed E-state index contributed by atoms with van der Waals surface area (Å²) in [6.45, 7) is -1.89. The van der Waals surface area contributed by atoms with E-state index in [0.717, 1.165) is 0 Å². The van der Waals surface area contributed by atoms with E-state index in [4.69, 9.17) is 24.1 Å². The van der Waals surface area contributed by atoms with E-state index in [1.165, 1.54) is 0 Å². The molecule has 2 aliphatic heterocycles. The lowest BCUT2D eigenvalue weighted by molar-refractivity contribution is -0.363. The smallest absolute Gasteiger partial charge is 0.335 e. The lowest BCUT2D eigenvalue weighted by Crippen LogP contribution is -2.66. The van der Waals surface area contributed by atoms with Crippen LogP contribution in [-0.4, -0.2) is 167 Å². The monoisotopic (exact) mass is 518 g/mol. The highest BCUT2D eigenvalue weighted by Gasteiger charge is 2.53. The zero-order valence-electron chi connectivity index (χ0n) is 17.9. The van der Waals surface area contributed by atoms with E-state index >= 15 is 0 Å². The number of ether oxygens (including phenoxy) is 4. The van der Waals surface area contributed by atoms with Gasteiger partial charge in [0, 0.05) is 0 Å². The van der Waals surface area contributed by atoms with Crippen molar-refractivity contribution in [3.05, 3.63) is 0 Å². The molecule has 0 amide bonds. The molecule has 2 fully saturated rings. The Bertz CT molecular complexity index is 692. The van der Waals surface area contributed by atoms with E-state index in [9.17, 15) is 60.7 Å². The molecule has 0 radical (unpaired) electrons. The maximum absolute atomic E-state index is 11.6. The van der Waals surface area contributed by atoms with Crippen LogP contribution in [0.1, 0.15) is 0 Å². The van der Waals surface area contributed by atoms with Gasteiger partial charge in [-0.05, 0) is 0 Å². The summed E-state index contributed by atoms with van der Waals surface area (Å²) in [5, 5.41) is 108. The number of carbonyl (C=O) groups excluding carboxylic acids is 1. The van der Waals surface area contributed by atoms with E-state index in [2.05, 4.69) is 0 Å². The third-order valence-corrected chi connectivity index (χ3v) is 5.61. The van der Waals surface area contributed by atoms with Crippen molar-refractivity contribution in [2.24, 2.45) is 0 Å². The lowest BCUT2D eigenvalue weighted by atomic mass is 9.96. The number of aliphatic hydroxyl groups is 10. The van der Waals surface area contributed by atoms with Crippen molar-refractivity contribution in [3.63, 3.8) is 0 Å². The molecule has 14 atom stereocenters. The minimum Gasteiger partial charge on any atom is -0.479 e. The van der Waals surface area contributed by atoms with Crippen molar-refractivity contribution in [2.75, 3.05) is 13.2 Å². The third kappa shape index (κ3) is 6.48. The Kier molecular flexibility index (Phi) is 10.8. The molecule has 35 heavy (non-hydrogen) atoms. The van der Waals surface area contributed by atoms with Gasteiger partial charge in [-0.1, -0.05) is 0 Å². The molecule has 2 rings (SSSR count). The van der Waals surface area contributed by atoms with Gasteiger partial charge in [-0.15, -0.1) is 0 Å². The minimum atomic E-state index is -2.19. The SMILES string of the molecule is O=CC(O)C(OC1OC(C(=O)O)C(O)C(OC2OC(CO)C(O)C(O)C2O)C1O)C(O)C(O)CO. The number of carboxylic acid groups (broad SMARTS) is 1. The number of hydrogen-bond acceptors (Lipinski definition) is 16. The van der Waals surface area contributed by atoms with Gasteiger partial charge in [0.05, 0.1) is 13.2 Å². The van der Waals surface area contributed by atoms with Crippen LogP contribution in [0.15, 0.2) is 0 Å². The van der Waals surface area contributed by atoms with Crippen LogP contribution in [0.25, 0.3) is 0 Å². The number of rotatable bonds is 11. The molecule has 0 aromatic carbocycles. The van der Waals surface area contributed by atoms with E-state index in [0.29, 0.717) is 0 Å². The highest BCUT2D eigenvalue weighted by molar-refractivity contribution is 5.73. The Balaban J connectivity index is 2.31. The second kappa shape index (κ2) is 12.7. The predicted molar refractivity (Wildman–Crippen MR) is 103 cm³/mol. The maximum atomic E-state index is 11.6. The Morgan fingerprint density at radius 1 is 0.886 bits per heavy atom. The fourth-order valence-electron chi connectivity index (χ4n) is 3.57. The van der Waals surface area contributed by atoms with Crippen LogP contribution in [-0.2, 0) is 28.5 Å². The molecule has 0 aromatic heterocycles. The van der Waals surface area contributed by atoms with Crippen LogP contribution in [0.2, 0.25) is 0 Å². The van der Waals surface area contributed by atoms with Crippen molar-refractivity contribution >= 4 is 12.3 Å². The first-order valence-electron chi connectivity index (χ1n) is 10.4. The summed E-state index contributed by atoms with van der Waals surface area (Å²) in [5.74, 6) is -1.80. The second-order valence-corrected chi connectivity index (χ2v) is 8.01. The summed E-state index contributed by atoms with van der Waals surface area (Å²) < 4.78 is 20.5. The first-order valence-corrected chi connectivity index (χ1v) is 10.4. The standard InChI is InChI=1S/C18H30O17/c19-1-4(22)7(24)13(5(23)2-20)33-18-12(29)14(11(28)15(35-18)16(30)31)34-17-10(27)9(26)8(25)6(3-21)32-17/h2,4-15,17-19,21-29H,1,3H2,(H,30,31). The molecule has 14 unspecified atom stereocenters. The molecule has 0 aromatic rings. The summed E-state index contributed by atoms with van der Waals surface area (Å²) in [6, 6.07) is 0. The second-order valence-electron chi connectivity index (χ2n) is 8.01. The summed E-state index contributed by atoms with van der Waals surface area (Å²) in [4.78, 5) is 22.6. The minimum absolute atomic E-state index is 0.126. The molecular formula is C18H30O17. The Labute approximate surface area is 196 Å². The van der Waals surface area contributed by atoms with Crippen molar-refractivity contribution in [3.8, 4) is 0 Å². The fraction of sp³-hybridized carbons (Fsp3) is 0.889. The van der Waals surface area contributed by atoms with Gasteiger partial charge in [0.15, 0.2) is 25.0 Å². The van der Waals surface area contributed by atoms with Gasteiger partial charge in [-0.3, -0.25) is 0 Å². The molecule has 0 saturated carbocycles. The molecule has 17 heteroatoms. The zero-order chi connectivity index (χ0) is 26.6. The van der Waals surface area contributed by atoms with Gasteiger partial charge in [-0.25, -0.2) is 4.79 Å². The number of carboxylic acids is 1. The number of carbonyl (C=O) groups is 2. The molecule has 2 saturated heterocycles. The van der Waals surface area contributed by atoms with Gasteiger partial charge in [0.25, 0.3) is 0 Å². The van der Waals surface area contributed by atoms with Crippen molar-refractivity contribution in [1.29, 1.82) is 0 Å². The number of aldehydes is 1. The van der Waals surface area contributed by atoms with Crippen molar-refractivity contribution in [1.82, 2.24) is 0 Å². The normalized spacial score (nSPS) is 41.5. The Morgan fingerprint density at radius 3 is 2.03 bits per heavy atom. The predicted octanol–water partition coefficient (Wildman–Crippen LogP) is -7.64. The van der Waals surface area contributed by atoms with Crippen LogP contribution in [0.3, 0.4) is 0 Å². The van der Waals surface area contributed by atoms with Gasteiger partial charge in [-0.2, -0.15) is 0 Å². The molecule has 17 nitrogen and oxygen atoms in total. The number of hydrogen-bond donors (Lipinski definition) is 11. The van der Waals surface area contributed by atoms with E-state index in [-0.39, 0.29) is 6.29 Å². The van der Waals surface area contributed by atoms with Crippen molar-refractivity contribution in [2.45, 2.75) is 85.8 Å². The van der Waals surface area contributed by atoms with Crippen molar-refractivity contribution < 1.29 is 84.7 Å². The van der Waals surface area contributed by atoms with E-state index in [1.54, 1.807) is 0 Å². The van der Waals surface area contributed by atoms with Crippen LogP contribution >= 0.6 is 0 Å². The summed E-state index contributed by atoms with van der Waals surface area (Å²) >= 11 is 0. The molecule has 204 valence electrons. The van der Waals surface area contributed by atoms with Crippen LogP contribution in [0.4, 0.5) is 0 Å². The summed E-state index contributed by atoms with van der Waals surface area (Å²) in [7, 11) is 0. The zero-order valence-corrected chi connectivity index (χ0v) is 17.9. The Hall–Kier alpha value is -1.42. The molecule has 11 N–H and O–H groups in total. The van der Waals surface area contributed by atoms with E-state index in [1.807, 2.05) is 0 Å². The topological polar surface area (TPSA) is 294 Å². The first-order chi connectivity index (χ1) is 16.4. The van der Waals surface area contributed by atoms with Gasteiger partial charge < -0.3 is 79.9 Å². The highest BCUT2D eigenvalue weighted by Crippen LogP contribution is 2.30. The lowest BCUT2D eigenvalue weighted by Gasteiger charge is -2.46. The van der Waals surface area contributed by atoms with E-state index < -0.39 is 105 Å². The van der Waals surface area contributed by atoms with Crippen LogP contribution in [0, 0.1) is 0 Å². The summed E-state index contributed by atoms with van der Waals surface area (Å²) in [6.07, 6.45) is -28.2. The van der Waals surface area contributed by atoms with Crippen LogP contribution < -0.4 is 0 Å². The number of aliphatic carboxylic acids is 1. The number of aliphatic hydroxyl groups excluding tert-OH is 10. The highest BCUT2D eigenvalue weighted by atomic mass is 16.7. The van der Waals surface area contributed by atoms with Crippen LogP contribution in [0.5, 0.6) is 0 Å². The molecule has 0 aliphatic carbocycles.